The van der Waals surface area contributed by atoms with Crippen molar-refractivity contribution in [3.05, 3.63) is 71.8 Å². The summed E-state index contributed by atoms with van der Waals surface area (Å²) in [6.45, 7) is 1.79. The van der Waals surface area contributed by atoms with Crippen LogP contribution in [-0.2, 0) is 20.9 Å². The van der Waals surface area contributed by atoms with E-state index < -0.39 is 17.9 Å². The second-order valence-corrected chi connectivity index (χ2v) is 5.56. The summed E-state index contributed by atoms with van der Waals surface area (Å²) in [5, 5.41) is 12.0. The van der Waals surface area contributed by atoms with Gasteiger partial charge in [-0.15, -0.1) is 0 Å². The highest BCUT2D eigenvalue weighted by atomic mass is 16.5. The van der Waals surface area contributed by atoms with E-state index in [2.05, 4.69) is 5.32 Å². The maximum absolute atomic E-state index is 12.1. The highest BCUT2D eigenvalue weighted by molar-refractivity contribution is 5.79. The molecule has 0 saturated carbocycles. The van der Waals surface area contributed by atoms with Crippen molar-refractivity contribution in [1.29, 1.82) is 0 Å². The molecule has 0 aliphatic rings. The second-order valence-electron chi connectivity index (χ2n) is 5.56. The van der Waals surface area contributed by atoms with Crippen LogP contribution in [0.3, 0.4) is 0 Å². The monoisotopic (exact) mass is 327 g/mol. The minimum absolute atomic E-state index is 0.120. The molecule has 2 unspecified atom stereocenters. The number of hydrogen-bond donors (Lipinski definition) is 2. The smallest absolute Gasteiger partial charge is 0.308 e. The van der Waals surface area contributed by atoms with Crippen LogP contribution in [0.5, 0.6) is 0 Å². The van der Waals surface area contributed by atoms with Crippen LogP contribution >= 0.6 is 0 Å². The van der Waals surface area contributed by atoms with Crippen LogP contribution in [0.4, 0.5) is 0 Å². The van der Waals surface area contributed by atoms with E-state index in [9.17, 15) is 14.7 Å². The number of benzene rings is 2. The summed E-state index contributed by atoms with van der Waals surface area (Å²) in [5.74, 6) is -2.05. The molecule has 2 rings (SSSR count). The van der Waals surface area contributed by atoms with E-state index in [4.69, 9.17) is 4.74 Å². The zero-order valence-electron chi connectivity index (χ0n) is 13.5. The molecule has 0 radical (unpaired) electrons. The molecular weight excluding hydrogens is 306 g/mol. The van der Waals surface area contributed by atoms with Gasteiger partial charge in [0.05, 0.1) is 18.6 Å². The number of carboxylic acids is 1. The third kappa shape index (κ3) is 5.21. The molecule has 0 bridgehead atoms. The lowest BCUT2D eigenvalue weighted by molar-refractivity contribution is -0.142. The van der Waals surface area contributed by atoms with Crippen molar-refractivity contribution in [3.63, 3.8) is 0 Å². The molecule has 2 N–H and O–H groups in total. The lowest BCUT2D eigenvalue weighted by Crippen LogP contribution is -2.37. The van der Waals surface area contributed by atoms with E-state index >= 15 is 0 Å². The molecule has 126 valence electrons. The molecule has 0 saturated heterocycles. The van der Waals surface area contributed by atoms with Gasteiger partial charge in [0.1, 0.15) is 6.61 Å². The van der Waals surface area contributed by atoms with Crippen molar-refractivity contribution in [2.24, 2.45) is 5.92 Å². The summed E-state index contributed by atoms with van der Waals surface area (Å²) < 4.78 is 5.40. The highest BCUT2D eigenvalue weighted by Gasteiger charge is 2.26. The van der Waals surface area contributed by atoms with E-state index in [1.165, 1.54) is 0 Å². The van der Waals surface area contributed by atoms with Gasteiger partial charge >= 0.3 is 5.97 Å². The normalized spacial score (nSPS) is 13.0. The molecule has 0 heterocycles. The number of nitrogens with one attached hydrogen (secondary N) is 1. The second kappa shape index (κ2) is 8.84. The number of carboxylic acid groups (broad SMARTS) is 1. The summed E-state index contributed by atoms with van der Waals surface area (Å²) in [6.07, 6.45) is 0. The predicted molar refractivity (Wildman–Crippen MR) is 90.2 cm³/mol. The van der Waals surface area contributed by atoms with Gasteiger partial charge in [-0.3, -0.25) is 9.59 Å². The summed E-state index contributed by atoms with van der Waals surface area (Å²) in [4.78, 5) is 23.4. The van der Waals surface area contributed by atoms with Crippen LogP contribution in [0, 0.1) is 5.92 Å². The fourth-order valence-electron chi connectivity index (χ4n) is 2.35. The summed E-state index contributed by atoms with van der Waals surface area (Å²) >= 11 is 0. The van der Waals surface area contributed by atoms with E-state index in [1.807, 2.05) is 48.5 Å². The molecule has 2 aromatic carbocycles. The number of rotatable bonds is 8. The van der Waals surface area contributed by atoms with Crippen LogP contribution in [0.25, 0.3) is 0 Å². The Morgan fingerprint density at radius 1 is 1.04 bits per heavy atom. The molecule has 0 spiro atoms. The van der Waals surface area contributed by atoms with Gasteiger partial charge in [0.25, 0.3) is 0 Å². The zero-order valence-corrected chi connectivity index (χ0v) is 13.5. The molecule has 5 nitrogen and oxygen atoms in total. The fourth-order valence-corrected chi connectivity index (χ4v) is 2.35. The number of amides is 1. The number of ether oxygens (including phenoxy) is 1. The molecule has 0 aromatic heterocycles. The van der Waals surface area contributed by atoms with Crippen LogP contribution in [0.1, 0.15) is 24.1 Å². The standard InChI is InChI=1S/C19H21NO4/c1-14(19(22)23)18(16-10-6-3-7-11-16)20-17(21)13-24-12-15-8-4-2-5-9-15/h2-11,14,18H,12-13H2,1H3,(H,20,21)(H,22,23). The Morgan fingerprint density at radius 2 is 1.62 bits per heavy atom. The zero-order chi connectivity index (χ0) is 17.4. The number of hydrogen-bond acceptors (Lipinski definition) is 3. The van der Waals surface area contributed by atoms with Gasteiger partial charge in [0.2, 0.25) is 5.91 Å². The summed E-state index contributed by atoms with van der Waals surface area (Å²) in [5.41, 5.74) is 1.73. The Morgan fingerprint density at radius 3 is 2.21 bits per heavy atom. The highest BCUT2D eigenvalue weighted by Crippen LogP contribution is 2.22. The van der Waals surface area contributed by atoms with E-state index in [0.717, 1.165) is 11.1 Å². The molecule has 0 aliphatic heterocycles. The Hall–Kier alpha value is -2.66. The molecule has 24 heavy (non-hydrogen) atoms. The fraction of sp³-hybridized carbons (Fsp3) is 0.263. The summed E-state index contributed by atoms with van der Waals surface area (Å²) in [7, 11) is 0. The lowest BCUT2D eigenvalue weighted by atomic mass is 9.94. The molecule has 2 aromatic rings. The van der Waals surface area contributed by atoms with E-state index in [-0.39, 0.29) is 12.5 Å². The van der Waals surface area contributed by atoms with Gasteiger partial charge in [-0.1, -0.05) is 60.7 Å². The number of carbonyl (C=O) groups is 2. The molecule has 0 aliphatic carbocycles. The Balaban J connectivity index is 1.93. The average molecular weight is 327 g/mol. The minimum Gasteiger partial charge on any atom is -0.481 e. The number of carbonyl (C=O) groups excluding carboxylic acids is 1. The first-order chi connectivity index (χ1) is 11.6. The van der Waals surface area contributed by atoms with Crippen LogP contribution in [0.2, 0.25) is 0 Å². The largest absolute Gasteiger partial charge is 0.481 e. The van der Waals surface area contributed by atoms with Crippen molar-refractivity contribution in [2.75, 3.05) is 6.61 Å². The van der Waals surface area contributed by atoms with Gasteiger partial charge in [-0.25, -0.2) is 0 Å². The third-order valence-corrected chi connectivity index (χ3v) is 3.71. The SMILES string of the molecule is CC(C(=O)O)C(NC(=O)COCc1ccccc1)c1ccccc1. The van der Waals surface area contributed by atoms with Crippen molar-refractivity contribution < 1.29 is 19.4 Å². The van der Waals surface area contributed by atoms with Crippen molar-refractivity contribution in [1.82, 2.24) is 5.32 Å². The van der Waals surface area contributed by atoms with Crippen molar-refractivity contribution >= 4 is 11.9 Å². The average Bonchev–Trinajstić information content (AvgIpc) is 2.60. The van der Waals surface area contributed by atoms with Gasteiger partial charge in [-0.05, 0) is 18.1 Å². The van der Waals surface area contributed by atoms with Gasteiger partial charge < -0.3 is 15.2 Å². The lowest BCUT2D eigenvalue weighted by Gasteiger charge is -2.23. The number of aliphatic carboxylic acids is 1. The Bertz CT molecular complexity index is 658. The van der Waals surface area contributed by atoms with E-state index in [1.54, 1.807) is 19.1 Å². The molecule has 0 fully saturated rings. The summed E-state index contributed by atoms with van der Waals surface area (Å²) in [6, 6.07) is 18.0. The maximum Gasteiger partial charge on any atom is 0.308 e. The Labute approximate surface area is 141 Å². The van der Waals surface area contributed by atoms with E-state index in [0.29, 0.717) is 6.61 Å². The molecular formula is C19H21NO4. The van der Waals surface area contributed by atoms with Crippen LogP contribution in [0.15, 0.2) is 60.7 Å². The van der Waals surface area contributed by atoms with Crippen molar-refractivity contribution in [3.8, 4) is 0 Å². The predicted octanol–water partition coefficient (Wildman–Crippen LogP) is 2.78. The minimum atomic E-state index is -0.964. The third-order valence-electron chi connectivity index (χ3n) is 3.71. The maximum atomic E-state index is 12.1. The van der Waals surface area contributed by atoms with Gasteiger partial charge in [-0.2, -0.15) is 0 Å². The first-order valence-corrected chi connectivity index (χ1v) is 7.76. The van der Waals surface area contributed by atoms with Crippen LogP contribution < -0.4 is 5.32 Å². The molecule has 1 amide bonds. The van der Waals surface area contributed by atoms with Gasteiger partial charge in [0.15, 0.2) is 0 Å². The quantitative estimate of drug-likeness (QED) is 0.782. The molecule has 2 atom stereocenters. The van der Waals surface area contributed by atoms with Crippen LogP contribution in [-0.4, -0.2) is 23.6 Å². The molecule has 5 heteroatoms. The first-order valence-electron chi connectivity index (χ1n) is 7.76. The first kappa shape index (κ1) is 17.7. The van der Waals surface area contributed by atoms with Crippen molar-refractivity contribution in [2.45, 2.75) is 19.6 Å². The Kier molecular flexibility index (Phi) is 6.51. The van der Waals surface area contributed by atoms with Gasteiger partial charge in [0, 0.05) is 0 Å². The topological polar surface area (TPSA) is 75.6 Å².